The number of nitrogens with zero attached hydrogens (tertiary/aromatic N) is 1. The molecule has 0 saturated heterocycles. The lowest BCUT2D eigenvalue weighted by atomic mass is 9.83. The van der Waals surface area contributed by atoms with E-state index >= 15 is 0 Å². The fourth-order valence-electron chi connectivity index (χ4n) is 2.36. The molecule has 0 bridgehead atoms. The molecule has 0 heterocycles. The molecule has 0 aliphatic heterocycles. The maximum atomic E-state index is 14.0. The van der Waals surface area contributed by atoms with Crippen molar-refractivity contribution in [1.82, 2.24) is 10.2 Å². The average Bonchev–Trinajstić information content (AvgIpc) is 2.36. The number of benzene rings is 1. The molecule has 18 heavy (non-hydrogen) atoms. The second-order valence-electron chi connectivity index (χ2n) is 5.12. The molecule has 0 aliphatic rings. The van der Waals surface area contributed by atoms with Crippen LogP contribution in [0.5, 0.6) is 0 Å². The van der Waals surface area contributed by atoms with Crippen molar-refractivity contribution in [3.05, 3.63) is 35.6 Å². The van der Waals surface area contributed by atoms with E-state index in [1.165, 1.54) is 6.07 Å². The van der Waals surface area contributed by atoms with Crippen LogP contribution in [-0.4, -0.2) is 31.1 Å². The molecule has 0 amide bonds. The highest BCUT2D eigenvalue weighted by Crippen LogP contribution is 2.33. The summed E-state index contributed by atoms with van der Waals surface area (Å²) in [6.07, 6.45) is 0.950. The lowest BCUT2D eigenvalue weighted by molar-refractivity contribution is 0.112. The van der Waals surface area contributed by atoms with Crippen molar-refractivity contribution in [3.8, 4) is 0 Å². The number of hydrogen-bond acceptors (Lipinski definition) is 2. The Balaban J connectivity index is 3.21. The molecular weight excluding hydrogens is 227 g/mol. The van der Waals surface area contributed by atoms with Crippen molar-refractivity contribution in [2.24, 2.45) is 0 Å². The zero-order chi connectivity index (χ0) is 13.8. The summed E-state index contributed by atoms with van der Waals surface area (Å²) in [5, 5.41) is 3.43. The fraction of sp³-hybridized carbons (Fsp3) is 0.600. The van der Waals surface area contributed by atoms with Gasteiger partial charge in [-0.15, -0.1) is 0 Å². The van der Waals surface area contributed by atoms with E-state index in [0.717, 1.165) is 18.5 Å². The van der Waals surface area contributed by atoms with Crippen LogP contribution >= 0.6 is 0 Å². The van der Waals surface area contributed by atoms with Crippen LogP contribution in [-0.2, 0) is 0 Å². The average molecular weight is 252 g/mol. The molecule has 1 rings (SSSR count). The van der Waals surface area contributed by atoms with Crippen LogP contribution in [0.4, 0.5) is 4.39 Å². The summed E-state index contributed by atoms with van der Waals surface area (Å²) in [6.45, 7) is 7.19. The summed E-state index contributed by atoms with van der Waals surface area (Å²) in [5.74, 6) is -0.134. The molecular formula is C15H25FN2. The second-order valence-corrected chi connectivity index (χ2v) is 5.12. The Hall–Kier alpha value is -0.930. The molecule has 102 valence electrons. The highest BCUT2D eigenvalue weighted by molar-refractivity contribution is 5.25. The molecule has 0 spiro atoms. The molecule has 2 atom stereocenters. The Morgan fingerprint density at radius 1 is 1.28 bits per heavy atom. The van der Waals surface area contributed by atoms with Crippen LogP contribution < -0.4 is 5.32 Å². The normalized spacial score (nSPS) is 16.6. The summed E-state index contributed by atoms with van der Waals surface area (Å²) in [6, 6.07) is 7.03. The van der Waals surface area contributed by atoms with Gasteiger partial charge in [0.1, 0.15) is 5.82 Å². The molecule has 2 nitrogen and oxygen atoms in total. The van der Waals surface area contributed by atoms with Gasteiger partial charge in [0, 0.05) is 11.1 Å². The standard InChI is InChI=1S/C15H25FN2/c1-6-15(3,18(4)5)14(17-7-2)12-10-8-9-11-13(12)16/h8-11,14,17H,6-7H2,1-5H3. The fourth-order valence-corrected chi connectivity index (χ4v) is 2.36. The van der Waals surface area contributed by atoms with Gasteiger partial charge in [0.15, 0.2) is 0 Å². The second kappa shape index (κ2) is 6.30. The molecule has 2 unspecified atom stereocenters. The van der Waals surface area contributed by atoms with E-state index in [2.05, 4.69) is 45.1 Å². The van der Waals surface area contributed by atoms with Gasteiger partial charge in [-0.1, -0.05) is 32.0 Å². The van der Waals surface area contributed by atoms with E-state index in [-0.39, 0.29) is 17.4 Å². The Morgan fingerprint density at radius 2 is 1.89 bits per heavy atom. The molecule has 0 radical (unpaired) electrons. The van der Waals surface area contributed by atoms with Gasteiger partial charge >= 0.3 is 0 Å². The van der Waals surface area contributed by atoms with Gasteiger partial charge in [-0.3, -0.25) is 0 Å². The van der Waals surface area contributed by atoms with Crippen molar-refractivity contribution >= 4 is 0 Å². The lowest BCUT2D eigenvalue weighted by Crippen LogP contribution is -2.51. The third-order valence-electron chi connectivity index (χ3n) is 3.98. The SMILES string of the molecule is CCNC(c1ccccc1F)C(C)(CC)N(C)C. The predicted molar refractivity (Wildman–Crippen MR) is 75.2 cm³/mol. The van der Waals surface area contributed by atoms with Crippen LogP contribution in [0.3, 0.4) is 0 Å². The van der Waals surface area contributed by atoms with Crippen LogP contribution in [0.25, 0.3) is 0 Å². The van der Waals surface area contributed by atoms with Crippen LogP contribution in [0.15, 0.2) is 24.3 Å². The van der Waals surface area contributed by atoms with E-state index in [0.29, 0.717) is 0 Å². The largest absolute Gasteiger partial charge is 0.309 e. The monoisotopic (exact) mass is 252 g/mol. The van der Waals surface area contributed by atoms with E-state index < -0.39 is 0 Å². The highest BCUT2D eigenvalue weighted by Gasteiger charge is 2.36. The van der Waals surface area contributed by atoms with Gasteiger partial charge in [-0.25, -0.2) is 4.39 Å². The Labute approximate surface area is 110 Å². The summed E-state index contributed by atoms with van der Waals surface area (Å²) >= 11 is 0. The number of likely N-dealkylation sites (N-methyl/N-ethyl adjacent to an activating group) is 2. The minimum absolute atomic E-state index is 0.0105. The first kappa shape index (κ1) is 15.1. The summed E-state index contributed by atoms with van der Waals surface area (Å²) < 4.78 is 14.0. The van der Waals surface area contributed by atoms with Gasteiger partial charge < -0.3 is 10.2 Å². The van der Waals surface area contributed by atoms with Crippen molar-refractivity contribution < 1.29 is 4.39 Å². The van der Waals surface area contributed by atoms with Crippen LogP contribution in [0, 0.1) is 5.82 Å². The minimum Gasteiger partial charge on any atom is -0.309 e. The molecule has 1 aromatic rings. The molecule has 0 fully saturated rings. The van der Waals surface area contributed by atoms with Crippen molar-refractivity contribution in [1.29, 1.82) is 0 Å². The van der Waals surface area contributed by atoms with Crippen LogP contribution in [0.1, 0.15) is 38.8 Å². The Kier molecular flexibility index (Phi) is 5.29. The number of hydrogen-bond donors (Lipinski definition) is 1. The minimum atomic E-state index is -0.134. The van der Waals surface area contributed by atoms with Crippen molar-refractivity contribution in [3.63, 3.8) is 0 Å². The number of rotatable bonds is 6. The third-order valence-corrected chi connectivity index (χ3v) is 3.98. The zero-order valence-corrected chi connectivity index (χ0v) is 12.1. The van der Waals surface area contributed by atoms with Gasteiger partial charge in [0.2, 0.25) is 0 Å². The Bertz CT molecular complexity index is 379. The quantitative estimate of drug-likeness (QED) is 0.836. The van der Waals surface area contributed by atoms with Crippen LogP contribution in [0.2, 0.25) is 0 Å². The van der Waals surface area contributed by atoms with Crippen molar-refractivity contribution in [2.75, 3.05) is 20.6 Å². The summed E-state index contributed by atoms with van der Waals surface area (Å²) in [5.41, 5.74) is 0.635. The molecule has 0 aromatic heterocycles. The zero-order valence-electron chi connectivity index (χ0n) is 12.1. The smallest absolute Gasteiger partial charge is 0.128 e. The number of nitrogens with one attached hydrogen (secondary N) is 1. The van der Waals surface area contributed by atoms with Gasteiger partial charge in [-0.2, -0.15) is 0 Å². The maximum absolute atomic E-state index is 14.0. The molecule has 0 saturated carbocycles. The topological polar surface area (TPSA) is 15.3 Å². The summed E-state index contributed by atoms with van der Waals surface area (Å²) in [4.78, 5) is 2.17. The summed E-state index contributed by atoms with van der Waals surface area (Å²) in [7, 11) is 4.10. The third kappa shape index (κ3) is 2.90. The van der Waals surface area contributed by atoms with E-state index in [4.69, 9.17) is 0 Å². The first-order valence-corrected chi connectivity index (χ1v) is 6.62. The molecule has 1 aromatic carbocycles. The lowest BCUT2D eigenvalue weighted by Gasteiger charge is -2.43. The van der Waals surface area contributed by atoms with Gasteiger partial charge in [-0.05, 0) is 40.1 Å². The van der Waals surface area contributed by atoms with E-state index in [9.17, 15) is 4.39 Å². The van der Waals surface area contributed by atoms with Gasteiger partial charge in [0.25, 0.3) is 0 Å². The predicted octanol–water partition coefficient (Wildman–Crippen LogP) is 3.21. The molecule has 0 aliphatic carbocycles. The molecule has 1 N–H and O–H groups in total. The van der Waals surface area contributed by atoms with E-state index in [1.807, 2.05) is 12.1 Å². The highest BCUT2D eigenvalue weighted by atomic mass is 19.1. The van der Waals surface area contributed by atoms with Gasteiger partial charge in [0.05, 0.1) is 6.04 Å². The number of halogens is 1. The first-order valence-electron chi connectivity index (χ1n) is 6.62. The van der Waals surface area contributed by atoms with Crippen molar-refractivity contribution in [2.45, 2.75) is 38.8 Å². The first-order chi connectivity index (χ1) is 8.47. The maximum Gasteiger partial charge on any atom is 0.128 e. The van der Waals surface area contributed by atoms with E-state index in [1.54, 1.807) is 6.07 Å². The Morgan fingerprint density at radius 3 is 2.33 bits per heavy atom. The molecule has 3 heteroatoms.